The van der Waals surface area contributed by atoms with Gasteiger partial charge in [-0.1, -0.05) is 24.3 Å². The molecule has 0 bridgehead atoms. The first-order chi connectivity index (χ1) is 5.93. The van der Waals surface area contributed by atoms with Crippen LogP contribution in [0.25, 0.3) is 0 Å². The van der Waals surface area contributed by atoms with Crippen molar-refractivity contribution >= 4 is 17.6 Å². The lowest BCUT2D eigenvalue weighted by molar-refractivity contribution is -0.136. The van der Waals surface area contributed by atoms with Crippen LogP contribution in [0.15, 0.2) is 35.2 Å². The number of carboxylic acids is 1. The highest BCUT2D eigenvalue weighted by atomic mass is 35.5. The quantitative estimate of drug-likeness (QED) is 0.715. The van der Waals surface area contributed by atoms with Crippen LogP contribution in [0.3, 0.4) is 0 Å². The van der Waals surface area contributed by atoms with E-state index in [0.29, 0.717) is 5.57 Å². The van der Waals surface area contributed by atoms with Crippen molar-refractivity contribution < 1.29 is 14.3 Å². The molecule has 0 spiro atoms. The van der Waals surface area contributed by atoms with Crippen LogP contribution in [0.5, 0.6) is 0 Å². The van der Waals surface area contributed by atoms with Crippen LogP contribution < -0.4 is 0 Å². The fourth-order valence-electron chi connectivity index (χ4n) is 0.559. The van der Waals surface area contributed by atoms with Crippen LogP contribution in [-0.4, -0.2) is 11.1 Å². The van der Waals surface area contributed by atoms with Gasteiger partial charge in [-0.15, -0.1) is 0 Å². The average molecular weight is 205 g/mol. The number of carboxylic acid groups (broad SMARTS) is 1. The summed E-state index contributed by atoms with van der Waals surface area (Å²) >= 11 is 5.43. The van der Waals surface area contributed by atoms with Gasteiger partial charge in [0.2, 0.25) is 0 Å². The molecule has 0 saturated carbocycles. The summed E-state index contributed by atoms with van der Waals surface area (Å²) in [4.78, 5) is 10.2. The number of rotatable bonds is 4. The number of halogens is 2. The molecule has 0 aromatic heterocycles. The zero-order valence-electron chi connectivity index (χ0n) is 7.18. The standard InChI is InChI=1S/C9H10ClFO2/c1-6(5-9(12)13)3-4-8(10)7(2)11/h3-4H,1,5H2,2H3,(H,12,13). The van der Waals surface area contributed by atoms with E-state index in [2.05, 4.69) is 6.58 Å². The van der Waals surface area contributed by atoms with Crippen LogP contribution in [-0.2, 0) is 4.79 Å². The Kier molecular flexibility index (Phi) is 5.07. The van der Waals surface area contributed by atoms with Crippen molar-refractivity contribution in [1.29, 1.82) is 0 Å². The molecule has 0 atom stereocenters. The molecule has 0 aromatic rings. The van der Waals surface area contributed by atoms with E-state index in [1.54, 1.807) is 0 Å². The van der Waals surface area contributed by atoms with E-state index in [1.807, 2.05) is 0 Å². The molecular weight excluding hydrogens is 195 g/mol. The lowest BCUT2D eigenvalue weighted by atomic mass is 10.2. The van der Waals surface area contributed by atoms with Crippen LogP contribution in [0.1, 0.15) is 13.3 Å². The fraction of sp³-hybridized carbons (Fsp3) is 0.222. The Morgan fingerprint density at radius 3 is 2.54 bits per heavy atom. The molecule has 0 aliphatic rings. The number of hydrogen-bond acceptors (Lipinski definition) is 1. The van der Waals surface area contributed by atoms with Gasteiger partial charge in [0, 0.05) is 0 Å². The van der Waals surface area contributed by atoms with E-state index in [9.17, 15) is 9.18 Å². The topological polar surface area (TPSA) is 37.3 Å². The SMILES string of the molecule is C=C(C=CC(Cl)=C(C)F)CC(=O)O. The van der Waals surface area contributed by atoms with Crippen LogP contribution in [0.2, 0.25) is 0 Å². The Balaban J connectivity index is 4.21. The van der Waals surface area contributed by atoms with E-state index < -0.39 is 11.8 Å². The van der Waals surface area contributed by atoms with Gasteiger partial charge in [0.25, 0.3) is 0 Å². The van der Waals surface area contributed by atoms with Gasteiger partial charge in [0.15, 0.2) is 0 Å². The molecule has 0 radical (unpaired) electrons. The third-order valence-corrected chi connectivity index (χ3v) is 1.56. The highest BCUT2D eigenvalue weighted by molar-refractivity contribution is 6.31. The smallest absolute Gasteiger partial charge is 0.307 e. The van der Waals surface area contributed by atoms with E-state index in [1.165, 1.54) is 19.1 Å². The minimum absolute atomic E-state index is 0.0495. The third-order valence-electron chi connectivity index (χ3n) is 1.17. The van der Waals surface area contributed by atoms with E-state index >= 15 is 0 Å². The van der Waals surface area contributed by atoms with Crippen molar-refractivity contribution in [3.63, 3.8) is 0 Å². The van der Waals surface area contributed by atoms with Gasteiger partial charge in [-0.3, -0.25) is 4.79 Å². The van der Waals surface area contributed by atoms with Gasteiger partial charge in [-0.25, -0.2) is 4.39 Å². The van der Waals surface area contributed by atoms with Crippen LogP contribution in [0.4, 0.5) is 4.39 Å². The van der Waals surface area contributed by atoms with E-state index in [0.717, 1.165) is 0 Å². The zero-order chi connectivity index (χ0) is 10.4. The Labute approximate surface area is 81.0 Å². The normalized spacial score (nSPS) is 12.8. The van der Waals surface area contributed by atoms with Crippen molar-refractivity contribution in [1.82, 2.24) is 0 Å². The molecule has 0 unspecified atom stereocenters. The Morgan fingerprint density at radius 1 is 1.62 bits per heavy atom. The summed E-state index contributed by atoms with van der Waals surface area (Å²) in [7, 11) is 0. The van der Waals surface area contributed by atoms with E-state index in [-0.39, 0.29) is 11.5 Å². The maximum absolute atomic E-state index is 12.4. The van der Waals surface area contributed by atoms with Gasteiger partial charge in [-0.2, -0.15) is 0 Å². The molecule has 0 fully saturated rings. The second kappa shape index (κ2) is 5.54. The van der Waals surface area contributed by atoms with Crippen molar-refractivity contribution in [3.8, 4) is 0 Å². The maximum Gasteiger partial charge on any atom is 0.307 e. The molecule has 0 aliphatic heterocycles. The first-order valence-electron chi connectivity index (χ1n) is 3.53. The largest absolute Gasteiger partial charge is 0.481 e. The molecule has 0 amide bonds. The molecular formula is C9H10ClFO2. The maximum atomic E-state index is 12.4. The molecule has 13 heavy (non-hydrogen) atoms. The lowest BCUT2D eigenvalue weighted by Gasteiger charge is -1.93. The molecule has 4 heteroatoms. The third kappa shape index (κ3) is 6.11. The van der Waals surface area contributed by atoms with Crippen LogP contribution in [0, 0.1) is 0 Å². The summed E-state index contributed by atoms with van der Waals surface area (Å²) in [5.74, 6) is -1.49. The highest BCUT2D eigenvalue weighted by Gasteiger charge is 1.98. The molecule has 0 aliphatic carbocycles. The monoisotopic (exact) mass is 204 g/mol. The molecule has 0 saturated heterocycles. The summed E-state index contributed by atoms with van der Waals surface area (Å²) in [6, 6.07) is 0. The molecule has 72 valence electrons. The van der Waals surface area contributed by atoms with Crippen molar-refractivity contribution in [3.05, 3.63) is 35.2 Å². The molecule has 0 rings (SSSR count). The lowest BCUT2D eigenvalue weighted by Crippen LogP contribution is -1.94. The first kappa shape index (κ1) is 11.9. The summed E-state index contributed by atoms with van der Waals surface area (Å²) < 4.78 is 12.4. The van der Waals surface area contributed by atoms with Gasteiger partial charge in [0.05, 0.1) is 11.5 Å². The highest BCUT2D eigenvalue weighted by Crippen LogP contribution is 2.13. The second-order valence-electron chi connectivity index (χ2n) is 2.44. The fourth-order valence-corrected chi connectivity index (χ4v) is 0.622. The van der Waals surface area contributed by atoms with Crippen molar-refractivity contribution in [2.75, 3.05) is 0 Å². The predicted octanol–water partition coefficient (Wildman–Crippen LogP) is 3.01. The van der Waals surface area contributed by atoms with Gasteiger partial charge >= 0.3 is 5.97 Å². The molecule has 0 heterocycles. The van der Waals surface area contributed by atoms with E-state index in [4.69, 9.17) is 16.7 Å². The number of carbonyl (C=O) groups is 1. The Morgan fingerprint density at radius 2 is 2.15 bits per heavy atom. The Bertz CT molecular complexity index is 275. The van der Waals surface area contributed by atoms with Gasteiger partial charge < -0.3 is 5.11 Å². The number of aliphatic carboxylic acids is 1. The second-order valence-corrected chi connectivity index (χ2v) is 2.85. The molecule has 1 N–H and O–H groups in total. The minimum atomic E-state index is -0.980. The Hall–Kier alpha value is -1.09. The zero-order valence-corrected chi connectivity index (χ0v) is 7.94. The number of hydrogen-bond donors (Lipinski definition) is 1. The van der Waals surface area contributed by atoms with Gasteiger partial charge in [0.1, 0.15) is 5.83 Å². The van der Waals surface area contributed by atoms with Crippen molar-refractivity contribution in [2.24, 2.45) is 0 Å². The van der Waals surface area contributed by atoms with Crippen LogP contribution >= 0.6 is 11.6 Å². The first-order valence-corrected chi connectivity index (χ1v) is 3.91. The summed E-state index contributed by atoms with van der Waals surface area (Å²) in [6.07, 6.45) is 2.48. The predicted molar refractivity (Wildman–Crippen MR) is 50.2 cm³/mol. The molecule has 0 aromatic carbocycles. The molecule has 2 nitrogen and oxygen atoms in total. The summed E-state index contributed by atoms with van der Waals surface area (Å²) in [6.45, 7) is 4.67. The van der Waals surface area contributed by atoms with Gasteiger partial charge in [-0.05, 0) is 18.6 Å². The van der Waals surface area contributed by atoms with Crippen molar-refractivity contribution in [2.45, 2.75) is 13.3 Å². The summed E-state index contributed by atoms with van der Waals surface area (Å²) in [5.41, 5.74) is 0.368. The summed E-state index contributed by atoms with van der Waals surface area (Å²) in [5, 5.41) is 8.30. The average Bonchev–Trinajstić information content (AvgIpc) is 1.98. The number of allylic oxidation sites excluding steroid dienone is 4. The minimum Gasteiger partial charge on any atom is -0.481 e.